The van der Waals surface area contributed by atoms with E-state index in [2.05, 4.69) is 0 Å². The van der Waals surface area contributed by atoms with Gasteiger partial charge in [0, 0.05) is 26.1 Å². The van der Waals surface area contributed by atoms with Crippen LogP contribution < -0.4 is 0 Å². The largest absolute Gasteiger partial charge is 0.384 e. The van der Waals surface area contributed by atoms with Crippen molar-refractivity contribution in [2.75, 3.05) is 26.8 Å². The molecule has 3 nitrogen and oxygen atoms in total. The van der Waals surface area contributed by atoms with Crippen LogP contribution in [-0.4, -0.2) is 38.1 Å². The first-order valence-corrected chi connectivity index (χ1v) is 3.55. The van der Waals surface area contributed by atoms with Gasteiger partial charge in [0.2, 0.25) is 6.41 Å². The van der Waals surface area contributed by atoms with Crippen molar-refractivity contribution in [3.63, 3.8) is 0 Å². The molecule has 1 aliphatic rings. The fourth-order valence-corrected chi connectivity index (χ4v) is 1.33. The molecule has 1 heterocycles. The summed E-state index contributed by atoms with van der Waals surface area (Å²) in [7, 11) is 1.70. The van der Waals surface area contributed by atoms with Crippen molar-refractivity contribution < 1.29 is 9.53 Å². The van der Waals surface area contributed by atoms with E-state index in [4.69, 9.17) is 4.74 Å². The lowest BCUT2D eigenvalue weighted by molar-refractivity contribution is -0.117. The van der Waals surface area contributed by atoms with E-state index in [1.54, 1.807) is 12.0 Å². The fraction of sp³-hybridized carbons (Fsp3) is 0.857. The summed E-state index contributed by atoms with van der Waals surface area (Å²) in [6.07, 6.45) is 2.00. The Kier molecular flexibility index (Phi) is 2.68. The molecule has 0 N–H and O–H groups in total. The highest BCUT2D eigenvalue weighted by atomic mass is 16.5. The molecule has 0 radical (unpaired) electrons. The van der Waals surface area contributed by atoms with Gasteiger partial charge in [-0.15, -0.1) is 0 Å². The van der Waals surface area contributed by atoms with Gasteiger partial charge in [-0.25, -0.2) is 0 Å². The Morgan fingerprint density at radius 2 is 2.60 bits per heavy atom. The number of likely N-dealkylation sites (tertiary alicyclic amines) is 1. The number of amides is 1. The molecule has 3 heteroatoms. The molecule has 1 rings (SSSR count). The van der Waals surface area contributed by atoms with Gasteiger partial charge < -0.3 is 9.64 Å². The normalized spacial score (nSPS) is 25.3. The number of hydrogen-bond acceptors (Lipinski definition) is 2. The Labute approximate surface area is 61.0 Å². The van der Waals surface area contributed by atoms with E-state index in [0.717, 1.165) is 32.5 Å². The van der Waals surface area contributed by atoms with Crippen LogP contribution in [0.4, 0.5) is 0 Å². The molecule has 10 heavy (non-hydrogen) atoms. The van der Waals surface area contributed by atoms with E-state index in [-0.39, 0.29) is 0 Å². The van der Waals surface area contributed by atoms with E-state index >= 15 is 0 Å². The van der Waals surface area contributed by atoms with Crippen LogP contribution in [0.5, 0.6) is 0 Å². The highest BCUT2D eigenvalue weighted by Gasteiger charge is 2.20. The zero-order valence-electron chi connectivity index (χ0n) is 6.25. The minimum Gasteiger partial charge on any atom is -0.384 e. The van der Waals surface area contributed by atoms with Crippen LogP contribution in [0.2, 0.25) is 0 Å². The fourth-order valence-electron chi connectivity index (χ4n) is 1.33. The summed E-state index contributed by atoms with van der Waals surface area (Å²) >= 11 is 0. The third kappa shape index (κ3) is 1.70. The van der Waals surface area contributed by atoms with Gasteiger partial charge in [-0.1, -0.05) is 0 Å². The summed E-state index contributed by atoms with van der Waals surface area (Å²) in [5, 5.41) is 0. The van der Waals surface area contributed by atoms with E-state index in [1.165, 1.54) is 0 Å². The zero-order valence-corrected chi connectivity index (χ0v) is 6.25. The monoisotopic (exact) mass is 143 g/mol. The Morgan fingerprint density at radius 1 is 1.80 bits per heavy atom. The van der Waals surface area contributed by atoms with Crippen LogP contribution in [0.1, 0.15) is 6.42 Å². The average molecular weight is 143 g/mol. The number of ether oxygens (including phenoxy) is 1. The number of hydrogen-bond donors (Lipinski definition) is 0. The van der Waals surface area contributed by atoms with Crippen molar-refractivity contribution in [2.24, 2.45) is 5.92 Å². The second-order valence-corrected chi connectivity index (χ2v) is 2.71. The van der Waals surface area contributed by atoms with Gasteiger partial charge in [-0.2, -0.15) is 0 Å². The molecule has 0 aromatic carbocycles. The molecular formula is C7H13NO2. The molecule has 0 spiro atoms. The van der Waals surface area contributed by atoms with Crippen LogP contribution >= 0.6 is 0 Å². The average Bonchev–Trinajstić information content (AvgIpc) is 2.37. The Bertz CT molecular complexity index is 116. The molecule has 1 amide bonds. The molecule has 1 fully saturated rings. The Hall–Kier alpha value is -0.570. The van der Waals surface area contributed by atoms with E-state index in [0.29, 0.717) is 5.92 Å². The van der Waals surface area contributed by atoms with Gasteiger partial charge in [-0.3, -0.25) is 4.79 Å². The number of carbonyl (C=O) groups is 1. The Morgan fingerprint density at radius 3 is 3.10 bits per heavy atom. The van der Waals surface area contributed by atoms with Crippen LogP contribution in [-0.2, 0) is 9.53 Å². The summed E-state index contributed by atoms with van der Waals surface area (Å²) in [4.78, 5) is 12.0. The lowest BCUT2D eigenvalue weighted by Gasteiger charge is -2.08. The van der Waals surface area contributed by atoms with Gasteiger partial charge in [0.25, 0.3) is 0 Å². The molecule has 0 aromatic heterocycles. The molecule has 1 saturated heterocycles. The standard InChI is InChI=1S/C7H13NO2/c1-10-5-7-2-3-8(4-7)6-9/h6-7H,2-5H2,1H3. The van der Waals surface area contributed by atoms with Crippen LogP contribution in [0.15, 0.2) is 0 Å². The maximum Gasteiger partial charge on any atom is 0.209 e. The van der Waals surface area contributed by atoms with Crippen molar-refractivity contribution in [2.45, 2.75) is 6.42 Å². The van der Waals surface area contributed by atoms with Crippen molar-refractivity contribution in [1.29, 1.82) is 0 Å². The molecule has 0 saturated carbocycles. The lowest BCUT2D eigenvalue weighted by Crippen LogP contribution is -2.19. The van der Waals surface area contributed by atoms with Gasteiger partial charge in [0.05, 0.1) is 6.61 Å². The smallest absolute Gasteiger partial charge is 0.209 e. The molecule has 58 valence electrons. The van der Waals surface area contributed by atoms with Crippen LogP contribution in [0, 0.1) is 5.92 Å². The van der Waals surface area contributed by atoms with Gasteiger partial charge >= 0.3 is 0 Å². The molecule has 0 aromatic rings. The molecule has 1 aliphatic heterocycles. The predicted molar refractivity (Wildman–Crippen MR) is 37.6 cm³/mol. The van der Waals surface area contributed by atoms with Crippen LogP contribution in [0.25, 0.3) is 0 Å². The van der Waals surface area contributed by atoms with Crippen molar-refractivity contribution in [1.82, 2.24) is 4.90 Å². The zero-order chi connectivity index (χ0) is 7.40. The second-order valence-electron chi connectivity index (χ2n) is 2.71. The third-order valence-corrected chi connectivity index (χ3v) is 1.87. The quantitative estimate of drug-likeness (QED) is 0.525. The third-order valence-electron chi connectivity index (χ3n) is 1.87. The maximum absolute atomic E-state index is 10.2. The van der Waals surface area contributed by atoms with Gasteiger partial charge in [0.15, 0.2) is 0 Å². The molecule has 1 unspecified atom stereocenters. The van der Waals surface area contributed by atoms with Crippen molar-refractivity contribution >= 4 is 6.41 Å². The summed E-state index contributed by atoms with van der Waals surface area (Å²) in [6, 6.07) is 0. The van der Waals surface area contributed by atoms with E-state index < -0.39 is 0 Å². The molecule has 0 bridgehead atoms. The second kappa shape index (κ2) is 3.56. The summed E-state index contributed by atoms with van der Waals surface area (Å²) in [6.45, 7) is 2.55. The number of methoxy groups -OCH3 is 1. The highest BCUT2D eigenvalue weighted by Crippen LogP contribution is 2.13. The molecule has 1 atom stereocenters. The topological polar surface area (TPSA) is 29.5 Å². The minimum atomic E-state index is 0.565. The van der Waals surface area contributed by atoms with Crippen molar-refractivity contribution in [3.05, 3.63) is 0 Å². The van der Waals surface area contributed by atoms with Gasteiger partial charge in [-0.05, 0) is 6.42 Å². The number of nitrogens with zero attached hydrogens (tertiary/aromatic N) is 1. The SMILES string of the molecule is COCC1CCN(C=O)C1. The lowest BCUT2D eigenvalue weighted by atomic mass is 10.1. The first-order valence-electron chi connectivity index (χ1n) is 3.55. The first kappa shape index (κ1) is 7.54. The summed E-state index contributed by atoms with van der Waals surface area (Å²) in [5.41, 5.74) is 0. The van der Waals surface area contributed by atoms with Crippen molar-refractivity contribution in [3.8, 4) is 0 Å². The Balaban J connectivity index is 2.21. The number of carbonyl (C=O) groups excluding carboxylic acids is 1. The summed E-state index contributed by atoms with van der Waals surface area (Å²) < 4.78 is 4.98. The highest BCUT2D eigenvalue weighted by molar-refractivity contribution is 5.47. The molecular weight excluding hydrogens is 130 g/mol. The molecule has 0 aliphatic carbocycles. The summed E-state index contributed by atoms with van der Waals surface area (Å²) in [5.74, 6) is 0.565. The van der Waals surface area contributed by atoms with Crippen LogP contribution in [0.3, 0.4) is 0 Å². The van der Waals surface area contributed by atoms with Gasteiger partial charge in [0.1, 0.15) is 0 Å². The van der Waals surface area contributed by atoms with E-state index in [9.17, 15) is 4.79 Å². The van der Waals surface area contributed by atoms with E-state index in [1.807, 2.05) is 0 Å². The minimum absolute atomic E-state index is 0.565. The first-order chi connectivity index (χ1) is 4.86. The number of rotatable bonds is 3. The maximum atomic E-state index is 10.2. The predicted octanol–water partition coefficient (Wildman–Crippen LogP) is 0.111.